The van der Waals surface area contributed by atoms with Crippen molar-refractivity contribution in [3.63, 3.8) is 0 Å². The first kappa shape index (κ1) is 19.5. The molecule has 1 aromatic rings. The van der Waals surface area contributed by atoms with Crippen molar-refractivity contribution in [1.82, 2.24) is 0 Å². The van der Waals surface area contributed by atoms with Crippen molar-refractivity contribution in [2.24, 2.45) is 16.3 Å². The zero-order valence-corrected chi connectivity index (χ0v) is 18.2. The molecule has 140 valence electrons. The number of aliphatic imine (C=N–C) groups is 1. The van der Waals surface area contributed by atoms with E-state index in [1.807, 2.05) is 6.92 Å². The number of fused-ring (bicyclic) bond motifs is 1. The molecule has 0 N–H and O–H groups in total. The zero-order valence-electron chi connectivity index (χ0n) is 15.8. The first-order valence-corrected chi connectivity index (χ1v) is 10.5. The van der Waals surface area contributed by atoms with Crippen molar-refractivity contribution in [2.75, 3.05) is 7.11 Å². The molecule has 1 fully saturated rings. The maximum Gasteiger partial charge on any atom is 0.336 e. The number of halogens is 1. The fraction of sp³-hybridized carbons (Fsp3) is 0.550. The number of carbonyl (C=O) groups is 2. The minimum atomic E-state index is -0.393. The minimum Gasteiger partial charge on any atom is -0.466 e. The van der Waals surface area contributed by atoms with Gasteiger partial charge in [0.05, 0.1) is 18.6 Å². The first-order valence-electron chi connectivity index (χ1n) is 8.86. The summed E-state index contributed by atoms with van der Waals surface area (Å²) < 4.78 is 6.08. The van der Waals surface area contributed by atoms with Crippen LogP contribution in [0.25, 0.3) is 0 Å². The lowest BCUT2D eigenvalue weighted by atomic mass is 9.64. The largest absolute Gasteiger partial charge is 0.466 e. The highest BCUT2D eigenvalue weighted by atomic mass is 79.9. The summed E-state index contributed by atoms with van der Waals surface area (Å²) in [6, 6.07) is 2.06. The van der Waals surface area contributed by atoms with Gasteiger partial charge in [0.1, 0.15) is 5.78 Å². The van der Waals surface area contributed by atoms with Crippen LogP contribution in [0.15, 0.2) is 26.8 Å². The molecule has 2 atom stereocenters. The molecule has 0 spiro atoms. The maximum atomic E-state index is 13.1. The van der Waals surface area contributed by atoms with Crippen LogP contribution in [0.4, 0.5) is 0 Å². The van der Waals surface area contributed by atoms with Gasteiger partial charge < -0.3 is 4.74 Å². The number of hydrogen-bond donors (Lipinski definition) is 0. The van der Waals surface area contributed by atoms with E-state index in [9.17, 15) is 9.59 Å². The van der Waals surface area contributed by atoms with Crippen LogP contribution in [0.1, 0.15) is 56.2 Å². The second-order valence-electron chi connectivity index (χ2n) is 7.81. The van der Waals surface area contributed by atoms with Gasteiger partial charge in [-0.05, 0) is 47.2 Å². The van der Waals surface area contributed by atoms with Crippen molar-refractivity contribution in [3.8, 4) is 0 Å². The van der Waals surface area contributed by atoms with Crippen LogP contribution >= 0.6 is 27.3 Å². The summed E-state index contributed by atoms with van der Waals surface area (Å²) >= 11 is 5.28. The number of ether oxygens (including phenoxy) is 1. The minimum absolute atomic E-state index is 0.0926. The first-order chi connectivity index (χ1) is 12.2. The molecule has 0 radical (unpaired) electrons. The molecular formula is C20H24BrNO3S. The van der Waals surface area contributed by atoms with Crippen LogP contribution in [-0.2, 0) is 20.7 Å². The Morgan fingerprint density at radius 3 is 2.65 bits per heavy atom. The molecule has 1 aliphatic carbocycles. The maximum absolute atomic E-state index is 13.1. The average molecular weight is 438 g/mol. The Balaban J connectivity index is 2.18. The molecular weight excluding hydrogens is 414 g/mol. The lowest BCUT2D eigenvalue weighted by Gasteiger charge is -2.40. The lowest BCUT2D eigenvalue weighted by molar-refractivity contribution is -0.136. The number of Topliss-reactive ketones (excluding diaryl/α,β-unsaturated/α-hetero) is 1. The lowest BCUT2D eigenvalue weighted by Crippen LogP contribution is -2.43. The van der Waals surface area contributed by atoms with Crippen molar-refractivity contribution in [2.45, 2.75) is 52.9 Å². The second-order valence-corrected chi connectivity index (χ2v) is 9.83. The van der Waals surface area contributed by atoms with E-state index >= 15 is 0 Å². The summed E-state index contributed by atoms with van der Waals surface area (Å²) in [5.74, 6) is -0.895. The Kier molecular flexibility index (Phi) is 5.28. The molecule has 1 aliphatic heterocycles. The summed E-state index contributed by atoms with van der Waals surface area (Å²) in [7, 11) is 1.38. The summed E-state index contributed by atoms with van der Waals surface area (Å²) in [5, 5.41) is 0. The van der Waals surface area contributed by atoms with Gasteiger partial charge in [-0.2, -0.15) is 0 Å². The van der Waals surface area contributed by atoms with Gasteiger partial charge in [-0.15, -0.1) is 11.3 Å². The van der Waals surface area contributed by atoms with Crippen LogP contribution in [0.5, 0.6) is 0 Å². The number of allylic oxidation sites excluding steroid dienone is 1. The van der Waals surface area contributed by atoms with E-state index in [0.717, 1.165) is 27.9 Å². The standard InChI is InChI=1S/C20H24BrNO3S/c1-6-14-11(21)7-15(26-14)18-16(19(24)25-5)10(2)22-12-8-20(3,4)9-13(23)17(12)18/h7,17-18H,6,8-9H2,1-5H3/t17?,18-/m1/s1. The third-order valence-corrected chi connectivity index (χ3v) is 7.51. The molecule has 4 nitrogen and oxygen atoms in total. The van der Waals surface area contributed by atoms with Gasteiger partial charge in [-0.25, -0.2) is 4.79 Å². The van der Waals surface area contributed by atoms with Crippen LogP contribution in [-0.4, -0.2) is 24.6 Å². The third-order valence-electron chi connectivity index (χ3n) is 5.17. The highest BCUT2D eigenvalue weighted by Gasteiger charge is 2.48. The number of hydrogen-bond acceptors (Lipinski definition) is 5. The van der Waals surface area contributed by atoms with Crippen LogP contribution in [0, 0.1) is 11.3 Å². The van der Waals surface area contributed by atoms with E-state index in [4.69, 9.17) is 9.73 Å². The molecule has 0 saturated heterocycles. The van der Waals surface area contributed by atoms with Crippen molar-refractivity contribution < 1.29 is 14.3 Å². The van der Waals surface area contributed by atoms with Crippen LogP contribution in [0.3, 0.4) is 0 Å². The highest BCUT2D eigenvalue weighted by Crippen LogP contribution is 2.49. The molecule has 1 aromatic heterocycles. The third kappa shape index (κ3) is 3.33. The SMILES string of the molecule is CCc1sc([C@@H]2C(C(=O)OC)=C(C)N=C3CC(C)(C)CC(=O)C32)cc1Br. The number of esters is 1. The molecule has 0 aromatic carbocycles. The Hall–Kier alpha value is -1.27. The van der Waals surface area contributed by atoms with Gasteiger partial charge in [0, 0.05) is 38.0 Å². The molecule has 1 unspecified atom stereocenters. The van der Waals surface area contributed by atoms with Gasteiger partial charge in [0.15, 0.2) is 0 Å². The number of carbonyl (C=O) groups excluding carboxylic acids is 2. The van der Waals surface area contributed by atoms with Crippen molar-refractivity contribution in [1.29, 1.82) is 0 Å². The normalized spacial score (nSPS) is 25.0. The van der Waals surface area contributed by atoms with Gasteiger partial charge in [0.2, 0.25) is 0 Å². The Morgan fingerprint density at radius 2 is 2.08 bits per heavy atom. The fourth-order valence-corrected chi connectivity index (χ4v) is 6.16. The van der Waals surface area contributed by atoms with E-state index in [2.05, 4.69) is 42.8 Å². The van der Waals surface area contributed by atoms with E-state index in [-0.39, 0.29) is 23.0 Å². The van der Waals surface area contributed by atoms with Gasteiger partial charge in [0.25, 0.3) is 0 Å². The number of rotatable bonds is 3. The monoisotopic (exact) mass is 437 g/mol. The van der Waals surface area contributed by atoms with Gasteiger partial charge in [-0.1, -0.05) is 20.8 Å². The average Bonchev–Trinajstić information content (AvgIpc) is 2.92. The predicted octanol–water partition coefficient (Wildman–Crippen LogP) is 5.06. The molecule has 26 heavy (non-hydrogen) atoms. The quantitative estimate of drug-likeness (QED) is 0.620. The zero-order chi connectivity index (χ0) is 19.2. The van der Waals surface area contributed by atoms with Crippen LogP contribution < -0.4 is 0 Å². The van der Waals surface area contributed by atoms with E-state index < -0.39 is 5.97 Å². The van der Waals surface area contributed by atoms with Gasteiger partial charge in [-0.3, -0.25) is 9.79 Å². The van der Waals surface area contributed by atoms with E-state index in [1.54, 1.807) is 11.3 Å². The van der Waals surface area contributed by atoms with Crippen molar-refractivity contribution in [3.05, 3.63) is 31.6 Å². The molecule has 2 aliphatic rings. The fourth-order valence-electron chi connectivity index (χ4n) is 4.10. The summed E-state index contributed by atoms with van der Waals surface area (Å²) in [5.41, 5.74) is 2.00. The predicted molar refractivity (Wildman–Crippen MR) is 108 cm³/mol. The van der Waals surface area contributed by atoms with Gasteiger partial charge >= 0.3 is 5.97 Å². The number of aryl methyl sites for hydroxylation is 1. The van der Waals surface area contributed by atoms with Crippen molar-refractivity contribution >= 4 is 44.7 Å². The highest BCUT2D eigenvalue weighted by molar-refractivity contribution is 9.10. The molecule has 1 saturated carbocycles. The number of thiophene rings is 1. The van der Waals surface area contributed by atoms with E-state index in [1.165, 1.54) is 12.0 Å². The molecule has 2 heterocycles. The Morgan fingerprint density at radius 1 is 1.38 bits per heavy atom. The Bertz CT molecular complexity index is 834. The number of methoxy groups -OCH3 is 1. The van der Waals surface area contributed by atoms with E-state index in [0.29, 0.717) is 17.7 Å². The summed E-state index contributed by atoms with van der Waals surface area (Å²) in [6.07, 6.45) is 2.19. The summed E-state index contributed by atoms with van der Waals surface area (Å²) in [6.45, 7) is 8.15. The summed E-state index contributed by atoms with van der Waals surface area (Å²) in [4.78, 5) is 32.6. The molecule has 6 heteroatoms. The van der Waals surface area contributed by atoms with Crippen LogP contribution in [0.2, 0.25) is 0 Å². The molecule has 0 bridgehead atoms. The number of ketones is 1. The second kappa shape index (κ2) is 7.04. The molecule has 3 rings (SSSR count). The number of nitrogens with zero attached hydrogens (tertiary/aromatic N) is 1. The Labute approximate surface area is 166 Å². The molecule has 0 amide bonds. The topological polar surface area (TPSA) is 55.7 Å². The smallest absolute Gasteiger partial charge is 0.336 e.